The van der Waals surface area contributed by atoms with Crippen molar-refractivity contribution in [2.24, 2.45) is 0 Å². The molecule has 1 fully saturated rings. The van der Waals surface area contributed by atoms with Gasteiger partial charge in [0.05, 0.1) is 12.6 Å². The zero-order valence-corrected chi connectivity index (χ0v) is 16.7. The number of nitrogens with zero attached hydrogens (tertiary/aromatic N) is 3. The Labute approximate surface area is 169 Å². The van der Waals surface area contributed by atoms with Crippen LogP contribution in [-0.4, -0.2) is 44.1 Å². The third kappa shape index (κ3) is 3.99. The fourth-order valence-electron chi connectivity index (χ4n) is 4.12. The number of carbonyl (C=O) groups is 1. The van der Waals surface area contributed by atoms with Gasteiger partial charge >= 0.3 is 0 Å². The van der Waals surface area contributed by atoms with Crippen LogP contribution >= 0.6 is 0 Å². The molecule has 3 aromatic rings. The standard InChI is InChI=1S/C22H25N5O2/c1-14-18(22(29)25-15(2)24-14)11-20(28)27-10-6-9-17(13-27)21-19(12-23-26-21)16-7-4-3-5-8-16/h3-5,7-8,12,17H,6,9-11,13H2,1-2H3,(H,23,26)(H,24,25,29)/t17-/m0/s1. The van der Waals surface area contributed by atoms with Crippen LogP contribution in [0, 0.1) is 13.8 Å². The Morgan fingerprint density at radius 2 is 2.03 bits per heavy atom. The van der Waals surface area contributed by atoms with Crippen molar-refractivity contribution >= 4 is 5.91 Å². The predicted octanol–water partition coefficient (Wildman–Crippen LogP) is 2.73. The van der Waals surface area contributed by atoms with E-state index >= 15 is 0 Å². The van der Waals surface area contributed by atoms with Crippen molar-refractivity contribution in [1.82, 2.24) is 25.1 Å². The second-order valence-corrected chi connectivity index (χ2v) is 7.63. The molecule has 1 saturated heterocycles. The molecule has 0 radical (unpaired) electrons. The summed E-state index contributed by atoms with van der Waals surface area (Å²) in [5, 5.41) is 7.42. The van der Waals surface area contributed by atoms with Crippen molar-refractivity contribution in [3.63, 3.8) is 0 Å². The number of aromatic amines is 2. The van der Waals surface area contributed by atoms with Crippen molar-refractivity contribution in [2.75, 3.05) is 13.1 Å². The van der Waals surface area contributed by atoms with E-state index in [0.29, 0.717) is 30.2 Å². The maximum atomic E-state index is 12.9. The number of carbonyl (C=O) groups excluding carboxylic acids is 1. The lowest BCUT2D eigenvalue weighted by Gasteiger charge is -2.33. The van der Waals surface area contributed by atoms with Gasteiger partial charge in [-0.15, -0.1) is 0 Å². The van der Waals surface area contributed by atoms with E-state index in [-0.39, 0.29) is 23.8 Å². The van der Waals surface area contributed by atoms with Crippen LogP contribution in [-0.2, 0) is 11.2 Å². The number of benzene rings is 1. The Hall–Kier alpha value is -3.22. The van der Waals surface area contributed by atoms with E-state index in [9.17, 15) is 9.59 Å². The highest BCUT2D eigenvalue weighted by atomic mass is 16.2. The number of hydrogen-bond donors (Lipinski definition) is 2. The highest BCUT2D eigenvalue weighted by molar-refractivity contribution is 5.79. The minimum absolute atomic E-state index is 0.0327. The second-order valence-electron chi connectivity index (χ2n) is 7.63. The zero-order valence-electron chi connectivity index (χ0n) is 16.7. The van der Waals surface area contributed by atoms with Crippen LogP contribution in [0.25, 0.3) is 11.1 Å². The lowest BCUT2D eigenvalue weighted by Crippen LogP contribution is -2.41. The fraction of sp³-hybridized carbons (Fsp3) is 0.364. The van der Waals surface area contributed by atoms with Crippen LogP contribution in [0.2, 0.25) is 0 Å². The van der Waals surface area contributed by atoms with E-state index in [1.807, 2.05) is 29.3 Å². The average molecular weight is 391 g/mol. The number of likely N-dealkylation sites (tertiary alicyclic amines) is 1. The number of aryl methyl sites for hydroxylation is 2. The molecule has 1 aromatic carbocycles. The minimum Gasteiger partial charge on any atom is -0.342 e. The molecule has 0 aliphatic carbocycles. The van der Waals surface area contributed by atoms with Crippen LogP contribution in [0.1, 0.15) is 41.5 Å². The van der Waals surface area contributed by atoms with E-state index in [2.05, 4.69) is 32.3 Å². The number of aromatic nitrogens is 4. The highest BCUT2D eigenvalue weighted by Crippen LogP contribution is 2.33. The van der Waals surface area contributed by atoms with E-state index in [4.69, 9.17) is 0 Å². The molecule has 7 nitrogen and oxygen atoms in total. The summed E-state index contributed by atoms with van der Waals surface area (Å²) in [7, 11) is 0. The van der Waals surface area contributed by atoms with Gasteiger partial charge < -0.3 is 9.88 Å². The SMILES string of the molecule is Cc1nc(C)c(CC(=O)N2CCC[C@H](c3[nH]ncc3-c3ccccc3)C2)c(=O)[nH]1. The molecule has 1 aliphatic rings. The normalized spacial score (nSPS) is 16.8. The van der Waals surface area contributed by atoms with Gasteiger partial charge in [0.15, 0.2) is 0 Å². The summed E-state index contributed by atoms with van der Waals surface area (Å²) in [6.07, 6.45) is 3.85. The molecule has 0 spiro atoms. The van der Waals surface area contributed by atoms with Crippen LogP contribution < -0.4 is 5.56 Å². The Bertz CT molecular complexity index is 1070. The molecule has 29 heavy (non-hydrogen) atoms. The average Bonchev–Trinajstić information content (AvgIpc) is 3.21. The number of rotatable bonds is 4. The van der Waals surface area contributed by atoms with Gasteiger partial charge in [-0.2, -0.15) is 5.10 Å². The number of H-pyrrole nitrogens is 2. The first-order valence-electron chi connectivity index (χ1n) is 9.95. The van der Waals surface area contributed by atoms with Gasteiger partial charge in [0.25, 0.3) is 5.56 Å². The molecule has 0 bridgehead atoms. The van der Waals surface area contributed by atoms with Gasteiger partial charge in [0.2, 0.25) is 5.91 Å². The first kappa shape index (κ1) is 19.1. The number of nitrogens with one attached hydrogen (secondary N) is 2. The van der Waals surface area contributed by atoms with Crippen molar-refractivity contribution < 1.29 is 4.79 Å². The fourth-order valence-corrected chi connectivity index (χ4v) is 4.12. The monoisotopic (exact) mass is 391 g/mol. The quantitative estimate of drug-likeness (QED) is 0.715. The first-order chi connectivity index (χ1) is 14.0. The van der Waals surface area contributed by atoms with Crippen molar-refractivity contribution in [1.29, 1.82) is 0 Å². The molecule has 4 rings (SSSR count). The predicted molar refractivity (Wildman–Crippen MR) is 111 cm³/mol. The molecule has 1 aliphatic heterocycles. The van der Waals surface area contributed by atoms with Gasteiger partial charge in [-0.25, -0.2) is 4.98 Å². The van der Waals surface area contributed by atoms with Crippen LogP contribution in [0.3, 0.4) is 0 Å². The number of amides is 1. The lowest BCUT2D eigenvalue weighted by molar-refractivity contribution is -0.131. The molecular formula is C22H25N5O2. The summed E-state index contributed by atoms with van der Waals surface area (Å²) >= 11 is 0. The summed E-state index contributed by atoms with van der Waals surface area (Å²) in [4.78, 5) is 34.1. The summed E-state index contributed by atoms with van der Waals surface area (Å²) in [6, 6.07) is 10.2. The summed E-state index contributed by atoms with van der Waals surface area (Å²) in [5.74, 6) is 0.727. The molecule has 0 unspecified atom stereocenters. The molecule has 3 heterocycles. The maximum Gasteiger partial charge on any atom is 0.254 e. The van der Waals surface area contributed by atoms with Gasteiger partial charge in [-0.05, 0) is 32.3 Å². The molecule has 2 N–H and O–H groups in total. The third-order valence-corrected chi connectivity index (χ3v) is 5.60. The molecular weight excluding hydrogens is 366 g/mol. The largest absolute Gasteiger partial charge is 0.342 e. The molecule has 2 aromatic heterocycles. The van der Waals surface area contributed by atoms with Crippen molar-refractivity contribution in [2.45, 2.75) is 39.0 Å². The Morgan fingerprint density at radius 3 is 2.79 bits per heavy atom. The molecule has 7 heteroatoms. The Balaban J connectivity index is 1.52. The van der Waals surface area contributed by atoms with Gasteiger partial charge in [0.1, 0.15) is 5.82 Å². The van der Waals surface area contributed by atoms with Gasteiger partial charge in [0, 0.05) is 41.5 Å². The number of piperidine rings is 1. The van der Waals surface area contributed by atoms with Crippen LogP contribution in [0.4, 0.5) is 0 Å². The smallest absolute Gasteiger partial charge is 0.254 e. The summed E-state index contributed by atoms with van der Waals surface area (Å²) in [5.41, 5.74) is 4.12. The van der Waals surface area contributed by atoms with E-state index in [1.165, 1.54) is 0 Å². The van der Waals surface area contributed by atoms with Crippen LogP contribution in [0.15, 0.2) is 41.3 Å². The van der Waals surface area contributed by atoms with Crippen molar-refractivity contribution in [3.05, 3.63) is 69.7 Å². The Kier molecular flexibility index (Phi) is 5.29. The molecule has 1 amide bonds. The summed E-state index contributed by atoms with van der Waals surface area (Å²) < 4.78 is 0. The minimum atomic E-state index is -0.225. The molecule has 1 atom stereocenters. The van der Waals surface area contributed by atoms with Crippen LogP contribution in [0.5, 0.6) is 0 Å². The first-order valence-corrected chi connectivity index (χ1v) is 9.95. The lowest BCUT2D eigenvalue weighted by atomic mass is 9.90. The Morgan fingerprint density at radius 1 is 1.24 bits per heavy atom. The van der Waals surface area contributed by atoms with Gasteiger partial charge in [-0.3, -0.25) is 14.7 Å². The third-order valence-electron chi connectivity index (χ3n) is 5.60. The number of hydrogen-bond acceptors (Lipinski definition) is 4. The van der Waals surface area contributed by atoms with Gasteiger partial charge in [-0.1, -0.05) is 30.3 Å². The second kappa shape index (κ2) is 8.03. The van der Waals surface area contributed by atoms with Crippen molar-refractivity contribution in [3.8, 4) is 11.1 Å². The van der Waals surface area contributed by atoms with E-state index in [1.54, 1.807) is 13.8 Å². The highest BCUT2D eigenvalue weighted by Gasteiger charge is 2.28. The van der Waals surface area contributed by atoms with E-state index in [0.717, 1.165) is 29.7 Å². The summed E-state index contributed by atoms with van der Waals surface area (Å²) in [6.45, 7) is 4.85. The zero-order chi connectivity index (χ0) is 20.4. The van der Waals surface area contributed by atoms with E-state index < -0.39 is 0 Å². The molecule has 0 saturated carbocycles. The topological polar surface area (TPSA) is 94.7 Å². The molecule has 150 valence electrons. The maximum absolute atomic E-state index is 12.9.